The SMILES string of the molecule is CCOC(=O)c1ccc(N2C(=O)C[C@H](N3CCC(c4nc5ccccc5o4)CC3)C2=O)cc1. The minimum Gasteiger partial charge on any atom is -0.462 e. The molecule has 2 aromatic carbocycles. The average Bonchev–Trinajstić information content (AvgIpc) is 3.40. The molecule has 2 amide bonds. The van der Waals surface area contributed by atoms with Crippen LogP contribution in [0, 0.1) is 0 Å². The molecule has 5 rings (SSSR count). The van der Waals surface area contributed by atoms with Crippen LogP contribution in [0.1, 0.15) is 48.4 Å². The van der Waals surface area contributed by atoms with E-state index in [2.05, 4.69) is 9.88 Å². The first-order valence-electron chi connectivity index (χ1n) is 11.3. The molecule has 1 aromatic heterocycles. The summed E-state index contributed by atoms with van der Waals surface area (Å²) >= 11 is 0. The third-order valence-corrected chi connectivity index (χ3v) is 6.39. The van der Waals surface area contributed by atoms with Crippen LogP contribution < -0.4 is 4.90 Å². The number of benzene rings is 2. The maximum Gasteiger partial charge on any atom is 0.338 e. The Hall–Kier alpha value is -3.52. The van der Waals surface area contributed by atoms with Crippen molar-refractivity contribution in [2.75, 3.05) is 24.6 Å². The van der Waals surface area contributed by atoms with Crippen molar-refractivity contribution in [1.82, 2.24) is 9.88 Å². The van der Waals surface area contributed by atoms with Crippen LogP contribution >= 0.6 is 0 Å². The number of oxazole rings is 1. The molecule has 8 heteroatoms. The molecule has 0 aliphatic carbocycles. The van der Waals surface area contributed by atoms with Gasteiger partial charge in [-0.2, -0.15) is 0 Å². The Bertz CT molecular complexity index is 1160. The fourth-order valence-corrected chi connectivity index (χ4v) is 4.66. The number of amides is 2. The standard InChI is InChI=1S/C25H25N3O5/c1-2-32-25(31)17-7-9-18(10-8-17)28-22(29)15-20(24(28)30)27-13-11-16(12-14-27)23-26-19-5-3-4-6-21(19)33-23/h3-10,16,20H,2,11-15H2,1H3/t20-/m0/s1. The van der Waals surface area contributed by atoms with E-state index in [1.54, 1.807) is 31.2 Å². The van der Waals surface area contributed by atoms with Gasteiger partial charge in [0.15, 0.2) is 11.5 Å². The highest BCUT2D eigenvalue weighted by Crippen LogP contribution is 2.33. The molecular formula is C25H25N3O5. The van der Waals surface area contributed by atoms with Crippen molar-refractivity contribution in [2.45, 2.75) is 38.1 Å². The monoisotopic (exact) mass is 447 g/mol. The quantitative estimate of drug-likeness (QED) is 0.436. The number of anilines is 1. The molecule has 170 valence electrons. The summed E-state index contributed by atoms with van der Waals surface area (Å²) in [7, 11) is 0. The molecule has 0 N–H and O–H groups in total. The highest BCUT2D eigenvalue weighted by Gasteiger charge is 2.43. The van der Waals surface area contributed by atoms with E-state index in [4.69, 9.17) is 9.15 Å². The Morgan fingerprint density at radius 2 is 1.82 bits per heavy atom. The number of fused-ring (bicyclic) bond motifs is 1. The largest absolute Gasteiger partial charge is 0.462 e. The number of ether oxygens (including phenoxy) is 1. The molecule has 2 fully saturated rings. The van der Waals surface area contributed by atoms with E-state index in [9.17, 15) is 14.4 Å². The van der Waals surface area contributed by atoms with E-state index < -0.39 is 12.0 Å². The molecule has 0 bridgehead atoms. The van der Waals surface area contributed by atoms with Crippen LogP contribution in [-0.2, 0) is 14.3 Å². The van der Waals surface area contributed by atoms with E-state index in [-0.39, 0.29) is 30.8 Å². The number of carbonyl (C=O) groups is 3. The van der Waals surface area contributed by atoms with Crippen LogP contribution in [0.5, 0.6) is 0 Å². The van der Waals surface area contributed by atoms with Crippen molar-refractivity contribution in [1.29, 1.82) is 0 Å². The molecule has 3 heterocycles. The van der Waals surface area contributed by atoms with Crippen molar-refractivity contribution >= 4 is 34.6 Å². The summed E-state index contributed by atoms with van der Waals surface area (Å²) in [6.45, 7) is 3.42. The van der Waals surface area contributed by atoms with Crippen LogP contribution in [0.3, 0.4) is 0 Å². The number of esters is 1. The second-order valence-electron chi connectivity index (χ2n) is 8.38. The maximum atomic E-state index is 13.1. The van der Waals surface area contributed by atoms with Crippen LogP contribution in [0.4, 0.5) is 5.69 Å². The summed E-state index contributed by atoms with van der Waals surface area (Å²) in [5, 5.41) is 0. The van der Waals surface area contributed by atoms with Gasteiger partial charge in [-0.05, 0) is 69.3 Å². The minimum atomic E-state index is -0.466. The third kappa shape index (κ3) is 4.02. The first kappa shape index (κ1) is 21.3. The number of likely N-dealkylation sites (tertiary alicyclic amines) is 1. The Kier molecular flexibility index (Phi) is 5.68. The number of rotatable bonds is 5. The molecule has 0 spiro atoms. The lowest BCUT2D eigenvalue weighted by Crippen LogP contribution is -2.45. The van der Waals surface area contributed by atoms with Gasteiger partial charge >= 0.3 is 5.97 Å². The van der Waals surface area contributed by atoms with E-state index in [0.717, 1.165) is 29.8 Å². The first-order valence-corrected chi connectivity index (χ1v) is 11.3. The number of aromatic nitrogens is 1. The van der Waals surface area contributed by atoms with Crippen molar-refractivity contribution < 1.29 is 23.5 Å². The molecule has 33 heavy (non-hydrogen) atoms. The Morgan fingerprint density at radius 1 is 1.09 bits per heavy atom. The van der Waals surface area contributed by atoms with Gasteiger partial charge in [0.2, 0.25) is 5.91 Å². The normalized spacial score (nSPS) is 20.0. The van der Waals surface area contributed by atoms with Crippen molar-refractivity contribution in [2.24, 2.45) is 0 Å². The molecule has 3 aromatic rings. The van der Waals surface area contributed by atoms with Gasteiger partial charge in [0.1, 0.15) is 5.52 Å². The topological polar surface area (TPSA) is 92.9 Å². The molecule has 2 saturated heterocycles. The van der Waals surface area contributed by atoms with Crippen LogP contribution in [-0.4, -0.2) is 53.4 Å². The average molecular weight is 447 g/mol. The molecule has 2 aliphatic heterocycles. The van der Waals surface area contributed by atoms with Gasteiger partial charge in [0.05, 0.1) is 30.3 Å². The molecule has 1 atom stereocenters. The zero-order chi connectivity index (χ0) is 22.9. The lowest BCUT2D eigenvalue weighted by molar-refractivity contribution is -0.123. The van der Waals surface area contributed by atoms with Crippen molar-refractivity contribution in [3.05, 3.63) is 60.0 Å². The highest BCUT2D eigenvalue weighted by molar-refractivity contribution is 6.22. The smallest absolute Gasteiger partial charge is 0.338 e. The number of para-hydroxylation sites is 2. The van der Waals surface area contributed by atoms with Gasteiger partial charge < -0.3 is 9.15 Å². The number of hydrogen-bond acceptors (Lipinski definition) is 7. The maximum absolute atomic E-state index is 13.1. The predicted octanol–water partition coefficient (Wildman–Crippen LogP) is 3.52. The van der Waals surface area contributed by atoms with E-state index in [0.29, 0.717) is 24.3 Å². The Balaban J connectivity index is 1.24. The number of nitrogens with zero attached hydrogens (tertiary/aromatic N) is 3. The Morgan fingerprint density at radius 3 is 2.52 bits per heavy atom. The molecular weight excluding hydrogens is 422 g/mol. The molecule has 0 unspecified atom stereocenters. The fraction of sp³-hybridized carbons (Fsp3) is 0.360. The van der Waals surface area contributed by atoms with Gasteiger partial charge in [0, 0.05) is 5.92 Å². The number of piperidine rings is 1. The lowest BCUT2D eigenvalue weighted by Gasteiger charge is -2.33. The van der Waals surface area contributed by atoms with Crippen LogP contribution in [0.2, 0.25) is 0 Å². The first-order chi connectivity index (χ1) is 16.0. The van der Waals surface area contributed by atoms with E-state index in [1.165, 1.54) is 4.90 Å². The predicted molar refractivity (Wildman–Crippen MR) is 121 cm³/mol. The molecule has 0 radical (unpaired) electrons. The number of imide groups is 1. The fourth-order valence-electron chi connectivity index (χ4n) is 4.66. The van der Waals surface area contributed by atoms with Crippen LogP contribution in [0.25, 0.3) is 11.1 Å². The second kappa shape index (κ2) is 8.78. The number of carbonyl (C=O) groups excluding carboxylic acids is 3. The second-order valence-corrected chi connectivity index (χ2v) is 8.38. The van der Waals surface area contributed by atoms with E-state index in [1.807, 2.05) is 24.3 Å². The summed E-state index contributed by atoms with van der Waals surface area (Å²) in [6.07, 6.45) is 1.80. The van der Waals surface area contributed by atoms with Gasteiger partial charge in [0.25, 0.3) is 5.91 Å². The minimum absolute atomic E-state index is 0.159. The summed E-state index contributed by atoms with van der Waals surface area (Å²) in [6, 6.07) is 13.6. The Labute approximate surface area is 191 Å². The summed E-state index contributed by atoms with van der Waals surface area (Å²) in [4.78, 5) is 45.6. The van der Waals surface area contributed by atoms with Crippen molar-refractivity contribution in [3.8, 4) is 0 Å². The van der Waals surface area contributed by atoms with Gasteiger partial charge in [-0.1, -0.05) is 12.1 Å². The zero-order valence-corrected chi connectivity index (χ0v) is 18.4. The molecule has 0 saturated carbocycles. The van der Waals surface area contributed by atoms with E-state index >= 15 is 0 Å². The zero-order valence-electron chi connectivity index (χ0n) is 18.4. The molecule has 2 aliphatic rings. The summed E-state index contributed by atoms with van der Waals surface area (Å²) in [5.41, 5.74) is 2.51. The summed E-state index contributed by atoms with van der Waals surface area (Å²) in [5.74, 6) is 0.0716. The van der Waals surface area contributed by atoms with Crippen molar-refractivity contribution in [3.63, 3.8) is 0 Å². The highest BCUT2D eigenvalue weighted by atomic mass is 16.5. The van der Waals surface area contributed by atoms with Crippen LogP contribution in [0.15, 0.2) is 52.9 Å². The van der Waals surface area contributed by atoms with Gasteiger partial charge in [-0.15, -0.1) is 0 Å². The lowest BCUT2D eigenvalue weighted by atomic mass is 9.95. The third-order valence-electron chi connectivity index (χ3n) is 6.39. The number of hydrogen-bond donors (Lipinski definition) is 0. The molecule has 8 nitrogen and oxygen atoms in total. The summed E-state index contributed by atoms with van der Waals surface area (Å²) < 4.78 is 10.9. The van der Waals surface area contributed by atoms with Gasteiger partial charge in [-0.3, -0.25) is 14.5 Å². The van der Waals surface area contributed by atoms with Gasteiger partial charge in [-0.25, -0.2) is 14.7 Å².